The van der Waals surface area contributed by atoms with E-state index in [0.717, 1.165) is 5.56 Å². The molecular weight excluding hydrogens is 380 g/mol. The number of sulfonamides is 1. The second-order valence-electron chi connectivity index (χ2n) is 5.89. The fourth-order valence-corrected chi connectivity index (χ4v) is 3.60. The molecule has 1 amide bonds. The van der Waals surface area contributed by atoms with Gasteiger partial charge >= 0.3 is 0 Å². The first-order valence-electron chi connectivity index (χ1n) is 8.43. The van der Waals surface area contributed by atoms with E-state index in [1.165, 1.54) is 32.4 Å². The first-order valence-corrected chi connectivity index (χ1v) is 9.91. The van der Waals surface area contributed by atoms with Crippen LogP contribution in [-0.4, -0.2) is 38.3 Å². The summed E-state index contributed by atoms with van der Waals surface area (Å²) in [5.74, 6) is -0.270. The number of nitrogens with one attached hydrogen (secondary N) is 2. The number of para-hydroxylation sites is 1. The highest BCUT2D eigenvalue weighted by molar-refractivity contribution is 7.89. The number of hydrogen-bond donors (Lipinski definition) is 2. The molecule has 0 fully saturated rings. The van der Waals surface area contributed by atoms with Crippen LogP contribution in [0.3, 0.4) is 0 Å². The van der Waals surface area contributed by atoms with Crippen molar-refractivity contribution in [2.45, 2.75) is 11.4 Å². The molecule has 0 aliphatic rings. The van der Waals surface area contributed by atoms with Crippen LogP contribution in [0.4, 0.5) is 5.69 Å². The van der Waals surface area contributed by atoms with Gasteiger partial charge in [-0.05, 0) is 42.9 Å². The molecule has 0 spiro atoms. The molecule has 1 heterocycles. The molecule has 3 rings (SSSR count). The molecule has 0 saturated heterocycles. The summed E-state index contributed by atoms with van der Waals surface area (Å²) in [4.78, 5) is 12.6. The van der Waals surface area contributed by atoms with Crippen molar-refractivity contribution in [3.8, 4) is 5.75 Å². The van der Waals surface area contributed by atoms with Crippen LogP contribution in [0.5, 0.6) is 5.75 Å². The third-order valence-electron chi connectivity index (χ3n) is 4.14. The number of carbonyl (C=O) groups excluding carboxylic acids is 1. The molecule has 0 saturated carbocycles. The van der Waals surface area contributed by atoms with Gasteiger partial charge in [0.25, 0.3) is 5.91 Å². The normalized spacial score (nSPS) is 11.2. The number of amides is 1. The van der Waals surface area contributed by atoms with Crippen LogP contribution in [0, 0.1) is 0 Å². The summed E-state index contributed by atoms with van der Waals surface area (Å²) in [6.45, 7) is 0.492. The Kier molecular flexibility index (Phi) is 5.76. The minimum atomic E-state index is -3.78. The average molecular weight is 400 g/mol. The van der Waals surface area contributed by atoms with Gasteiger partial charge in [0.15, 0.2) is 0 Å². The van der Waals surface area contributed by atoms with Gasteiger partial charge in [0, 0.05) is 23.6 Å². The first-order chi connectivity index (χ1) is 13.4. The molecule has 2 aromatic carbocycles. The van der Waals surface area contributed by atoms with Gasteiger partial charge in [-0.1, -0.05) is 18.2 Å². The third-order valence-corrected chi connectivity index (χ3v) is 5.58. The molecule has 1 aromatic heterocycles. The predicted molar refractivity (Wildman–Crippen MR) is 105 cm³/mol. The number of carbonyl (C=O) groups is 1. The van der Waals surface area contributed by atoms with Gasteiger partial charge in [-0.25, -0.2) is 13.1 Å². The minimum absolute atomic E-state index is 0.102. The summed E-state index contributed by atoms with van der Waals surface area (Å²) < 4.78 is 33.5. The Morgan fingerprint density at radius 2 is 1.96 bits per heavy atom. The van der Waals surface area contributed by atoms with Crippen LogP contribution >= 0.6 is 0 Å². The number of benzene rings is 2. The van der Waals surface area contributed by atoms with Crippen molar-refractivity contribution in [2.24, 2.45) is 0 Å². The Labute approximate surface area is 163 Å². The van der Waals surface area contributed by atoms with Gasteiger partial charge in [-0.3, -0.25) is 9.48 Å². The van der Waals surface area contributed by atoms with E-state index >= 15 is 0 Å². The van der Waals surface area contributed by atoms with Gasteiger partial charge in [-0.2, -0.15) is 5.10 Å². The standard InChI is InChI=1S/C19H20N4O4S/c1-20-28(25,26)18-12-14(8-9-17(18)27-2)19(24)22-16-7-4-3-6-15(16)13-23-11-5-10-21-23/h3-12,20H,13H2,1-2H3,(H,22,24). The highest BCUT2D eigenvalue weighted by atomic mass is 32.2. The minimum Gasteiger partial charge on any atom is -0.495 e. The van der Waals surface area contributed by atoms with Crippen molar-refractivity contribution < 1.29 is 17.9 Å². The lowest BCUT2D eigenvalue weighted by Gasteiger charge is -2.13. The van der Waals surface area contributed by atoms with Crippen molar-refractivity contribution in [1.82, 2.24) is 14.5 Å². The van der Waals surface area contributed by atoms with Crippen molar-refractivity contribution in [2.75, 3.05) is 19.5 Å². The zero-order valence-electron chi connectivity index (χ0n) is 15.4. The summed E-state index contributed by atoms with van der Waals surface area (Å²) in [6.07, 6.45) is 3.51. The summed E-state index contributed by atoms with van der Waals surface area (Å²) >= 11 is 0. The van der Waals surface area contributed by atoms with Gasteiger partial charge in [-0.15, -0.1) is 0 Å². The summed E-state index contributed by atoms with van der Waals surface area (Å²) in [5.41, 5.74) is 1.69. The van der Waals surface area contributed by atoms with Crippen LogP contribution in [-0.2, 0) is 16.6 Å². The molecule has 0 aliphatic heterocycles. The molecule has 0 radical (unpaired) electrons. The van der Waals surface area contributed by atoms with E-state index in [0.29, 0.717) is 12.2 Å². The quantitative estimate of drug-likeness (QED) is 0.632. The topological polar surface area (TPSA) is 102 Å². The Hall–Kier alpha value is -3.17. The Morgan fingerprint density at radius 3 is 2.64 bits per heavy atom. The van der Waals surface area contributed by atoms with Crippen LogP contribution in [0.2, 0.25) is 0 Å². The maximum atomic E-state index is 12.7. The maximum absolute atomic E-state index is 12.7. The number of aromatic nitrogens is 2. The predicted octanol–water partition coefficient (Wildman–Crippen LogP) is 2.10. The second kappa shape index (κ2) is 8.24. The van der Waals surface area contributed by atoms with Crippen LogP contribution < -0.4 is 14.8 Å². The molecule has 0 bridgehead atoms. The number of anilines is 1. The number of hydrogen-bond acceptors (Lipinski definition) is 5. The molecule has 0 unspecified atom stereocenters. The van der Waals surface area contributed by atoms with E-state index in [4.69, 9.17) is 4.74 Å². The molecule has 146 valence electrons. The summed E-state index contributed by atoms with van der Waals surface area (Å²) in [7, 11) is -1.11. The van der Waals surface area contributed by atoms with Crippen LogP contribution in [0.25, 0.3) is 0 Å². The Balaban J connectivity index is 1.89. The Morgan fingerprint density at radius 1 is 1.18 bits per heavy atom. The largest absolute Gasteiger partial charge is 0.495 e. The SMILES string of the molecule is CNS(=O)(=O)c1cc(C(=O)Nc2ccccc2Cn2cccn2)ccc1OC. The lowest BCUT2D eigenvalue weighted by molar-refractivity contribution is 0.102. The average Bonchev–Trinajstić information content (AvgIpc) is 3.22. The molecule has 28 heavy (non-hydrogen) atoms. The number of ether oxygens (including phenoxy) is 1. The number of methoxy groups -OCH3 is 1. The van der Waals surface area contributed by atoms with E-state index in [9.17, 15) is 13.2 Å². The zero-order chi connectivity index (χ0) is 20.1. The molecule has 8 nitrogen and oxygen atoms in total. The third kappa shape index (κ3) is 4.21. The van der Waals surface area contributed by atoms with Crippen molar-refractivity contribution in [3.63, 3.8) is 0 Å². The van der Waals surface area contributed by atoms with E-state index in [1.54, 1.807) is 16.9 Å². The molecular formula is C19H20N4O4S. The molecule has 2 N–H and O–H groups in total. The van der Waals surface area contributed by atoms with Gasteiger partial charge < -0.3 is 10.1 Å². The lowest BCUT2D eigenvalue weighted by Crippen LogP contribution is -2.21. The van der Waals surface area contributed by atoms with Gasteiger partial charge in [0.1, 0.15) is 10.6 Å². The number of rotatable bonds is 7. The first kappa shape index (κ1) is 19.6. The fraction of sp³-hybridized carbons (Fsp3) is 0.158. The van der Waals surface area contributed by atoms with Crippen molar-refractivity contribution in [3.05, 3.63) is 72.1 Å². The Bertz CT molecular complexity index is 1080. The second-order valence-corrected chi connectivity index (χ2v) is 7.74. The zero-order valence-corrected chi connectivity index (χ0v) is 16.2. The summed E-state index contributed by atoms with van der Waals surface area (Å²) in [6, 6.07) is 13.4. The van der Waals surface area contributed by atoms with Crippen molar-refractivity contribution in [1.29, 1.82) is 0 Å². The van der Waals surface area contributed by atoms with Crippen LogP contribution in [0.15, 0.2) is 65.8 Å². The highest BCUT2D eigenvalue weighted by Crippen LogP contribution is 2.25. The highest BCUT2D eigenvalue weighted by Gasteiger charge is 2.20. The number of nitrogens with zero attached hydrogens (tertiary/aromatic N) is 2. The molecule has 0 aliphatic carbocycles. The fourth-order valence-electron chi connectivity index (χ4n) is 2.68. The van der Waals surface area contributed by atoms with E-state index in [-0.39, 0.29) is 16.2 Å². The smallest absolute Gasteiger partial charge is 0.255 e. The summed E-state index contributed by atoms with van der Waals surface area (Å²) in [5, 5.41) is 7.01. The van der Waals surface area contributed by atoms with Crippen LogP contribution in [0.1, 0.15) is 15.9 Å². The molecule has 3 aromatic rings. The molecule has 0 atom stereocenters. The maximum Gasteiger partial charge on any atom is 0.255 e. The van der Waals surface area contributed by atoms with E-state index < -0.39 is 15.9 Å². The monoisotopic (exact) mass is 400 g/mol. The lowest BCUT2D eigenvalue weighted by atomic mass is 10.1. The van der Waals surface area contributed by atoms with E-state index in [1.807, 2.05) is 30.5 Å². The molecule has 9 heteroatoms. The van der Waals surface area contributed by atoms with Gasteiger partial charge in [0.05, 0.1) is 13.7 Å². The van der Waals surface area contributed by atoms with Crippen molar-refractivity contribution >= 4 is 21.6 Å². The van der Waals surface area contributed by atoms with E-state index in [2.05, 4.69) is 15.1 Å². The van der Waals surface area contributed by atoms with Gasteiger partial charge in [0.2, 0.25) is 10.0 Å².